The van der Waals surface area contributed by atoms with Crippen molar-refractivity contribution in [3.63, 3.8) is 0 Å². The van der Waals surface area contributed by atoms with Gasteiger partial charge in [-0.05, 0) is 24.6 Å². The highest BCUT2D eigenvalue weighted by atomic mass is 19.1. The van der Waals surface area contributed by atoms with Crippen LogP contribution in [0.3, 0.4) is 0 Å². The van der Waals surface area contributed by atoms with E-state index in [0.29, 0.717) is 5.56 Å². The van der Waals surface area contributed by atoms with Crippen LogP contribution in [0.1, 0.15) is 28.9 Å². The lowest BCUT2D eigenvalue weighted by Crippen LogP contribution is -2.27. The maximum atomic E-state index is 13.6. The fraction of sp³-hybridized carbons (Fsp3) is 0.188. The lowest BCUT2D eigenvalue weighted by Gasteiger charge is -2.16. The number of carbonyl (C=O) groups excluding carboxylic acids is 1. The number of halogens is 1. The number of hydrogen-bond donors (Lipinski definition) is 2. The molecule has 0 bridgehead atoms. The van der Waals surface area contributed by atoms with Crippen molar-refractivity contribution in [2.45, 2.75) is 13.0 Å². The Morgan fingerprint density at radius 3 is 2.45 bits per heavy atom. The summed E-state index contributed by atoms with van der Waals surface area (Å²) in [5, 5.41) is 5.59. The minimum Gasteiger partial charge on any atom is -0.385 e. The highest BCUT2D eigenvalue weighted by Gasteiger charge is 2.16. The van der Waals surface area contributed by atoms with Crippen LogP contribution in [0.15, 0.2) is 48.5 Å². The molecule has 0 aliphatic carbocycles. The summed E-state index contributed by atoms with van der Waals surface area (Å²) in [5.41, 5.74) is 1.52. The molecule has 0 fully saturated rings. The first-order valence-corrected chi connectivity index (χ1v) is 6.45. The minimum atomic E-state index is -0.437. The van der Waals surface area contributed by atoms with E-state index in [1.165, 1.54) is 12.1 Å². The quantitative estimate of drug-likeness (QED) is 0.896. The molecule has 0 aromatic heterocycles. The van der Waals surface area contributed by atoms with Crippen molar-refractivity contribution >= 4 is 11.6 Å². The second-order valence-electron chi connectivity index (χ2n) is 4.52. The van der Waals surface area contributed by atoms with Gasteiger partial charge in [-0.2, -0.15) is 0 Å². The van der Waals surface area contributed by atoms with E-state index in [9.17, 15) is 9.18 Å². The van der Waals surface area contributed by atoms with Crippen LogP contribution < -0.4 is 10.6 Å². The minimum absolute atomic E-state index is 0.142. The third-order valence-electron chi connectivity index (χ3n) is 3.16. The number of nitrogens with one attached hydrogen (secondary N) is 2. The molecule has 1 amide bonds. The first kappa shape index (κ1) is 14.1. The number of hydrogen-bond acceptors (Lipinski definition) is 2. The van der Waals surface area contributed by atoms with Crippen molar-refractivity contribution in [2.24, 2.45) is 0 Å². The second kappa shape index (κ2) is 6.19. The predicted octanol–water partition coefficient (Wildman–Crippen LogP) is 3.36. The maximum Gasteiger partial charge on any atom is 0.253 e. The first-order chi connectivity index (χ1) is 9.63. The van der Waals surface area contributed by atoms with Gasteiger partial charge in [0.2, 0.25) is 0 Å². The highest BCUT2D eigenvalue weighted by Crippen LogP contribution is 2.20. The van der Waals surface area contributed by atoms with E-state index in [2.05, 4.69) is 10.6 Å². The Bertz CT molecular complexity index is 599. The fourth-order valence-corrected chi connectivity index (χ4v) is 2.07. The van der Waals surface area contributed by atoms with Gasteiger partial charge in [0, 0.05) is 7.05 Å². The molecule has 1 atom stereocenters. The van der Waals surface area contributed by atoms with E-state index < -0.39 is 5.82 Å². The van der Waals surface area contributed by atoms with Crippen molar-refractivity contribution in [3.8, 4) is 0 Å². The summed E-state index contributed by atoms with van der Waals surface area (Å²) in [6.07, 6.45) is 0. The Labute approximate surface area is 117 Å². The average molecular weight is 272 g/mol. The summed E-state index contributed by atoms with van der Waals surface area (Å²) in [6, 6.07) is 13.9. The van der Waals surface area contributed by atoms with Gasteiger partial charge in [-0.1, -0.05) is 36.4 Å². The third-order valence-corrected chi connectivity index (χ3v) is 3.16. The van der Waals surface area contributed by atoms with Crippen LogP contribution in [-0.4, -0.2) is 13.0 Å². The zero-order chi connectivity index (χ0) is 14.5. The normalized spacial score (nSPS) is 11.8. The van der Waals surface area contributed by atoms with Crippen LogP contribution in [0.4, 0.5) is 10.1 Å². The Balaban J connectivity index is 2.19. The summed E-state index contributed by atoms with van der Waals surface area (Å²) in [7, 11) is 1.59. The van der Waals surface area contributed by atoms with Gasteiger partial charge in [-0.25, -0.2) is 4.39 Å². The standard InChI is InChI=1S/C16H17FN2O/c1-11(12-7-4-3-5-8-12)19-16(20)13-9-6-10-14(17)15(13)18-2/h3-11,18H,1-2H3,(H,19,20). The second-order valence-corrected chi connectivity index (χ2v) is 4.52. The summed E-state index contributed by atoms with van der Waals surface area (Å²) in [6.45, 7) is 1.89. The molecule has 1 unspecified atom stereocenters. The van der Waals surface area contributed by atoms with Crippen LogP contribution in [0.2, 0.25) is 0 Å². The van der Waals surface area contributed by atoms with Crippen LogP contribution in [-0.2, 0) is 0 Å². The van der Waals surface area contributed by atoms with Gasteiger partial charge in [-0.15, -0.1) is 0 Å². The van der Waals surface area contributed by atoms with E-state index >= 15 is 0 Å². The van der Waals surface area contributed by atoms with Gasteiger partial charge in [0.25, 0.3) is 5.91 Å². The Morgan fingerprint density at radius 2 is 1.80 bits per heavy atom. The molecule has 0 aliphatic rings. The van der Waals surface area contributed by atoms with Gasteiger partial charge < -0.3 is 10.6 Å². The molecule has 104 valence electrons. The third kappa shape index (κ3) is 2.96. The molecule has 2 aromatic carbocycles. The lowest BCUT2D eigenvalue weighted by molar-refractivity contribution is 0.0940. The number of amides is 1. The molecule has 0 radical (unpaired) electrons. The summed E-state index contributed by atoms with van der Waals surface area (Å²) in [5.74, 6) is -0.738. The Morgan fingerprint density at radius 1 is 1.10 bits per heavy atom. The molecule has 0 spiro atoms. The van der Waals surface area contributed by atoms with E-state index in [0.717, 1.165) is 5.56 Å². The van der Waals surface area contributed by atoms with E-state index in [4.69, 9.17) is 0 Å². The van der Waals surface area contributed by atoms with Gasteiger partial charge in [-0.3, -0.25) is 4.79 Å². The lowest BCUT2D eigenvalue weighted by atomic mass is 10.1. The molecule has 0 aliphatic heterocycles. The van der Waals surface area contributed by atoms with Gasteiger partial charge in [0.1, 0.15) is 5.82 Å². The summed E-state index contributed by atoms with van der Waals surface area (Å²) < 4.78 is 13.6. The molecule has 0 saturated carbocycles. The molecule has 2 rings (SSSR count). The zero-order valence-electron chi connectivity index (χ0n) is 11.5. The largest absolute Gasteiger partial charge is 0.385 e. The highest BCUT2D eigenvalue weighted by molar-refractivity contribution is 5.99. The molecule has 0 saturated heterocycles. The number of benzene rings is 2. The van der Waals surface area contributed by atoms with E-state index in [-0.39, 0.29) is 17.6 Å². The number of anilines is 1. The van der Waals surface area contributed by atoms with Crippen LogP contribution >= 0.6 is 0 Å². The summed E-state index contributed by atoms with van der Waals surface area (Å²) in [4.78, 5) is 12.2. The fourth-order valence-electron chi connectivity index (χ4n) is 2.07. The topological polar surface area (TPSA) is 41.1 Å². The monoisotopic (exact) mass is 272 g/mol. The molecular formula is C16H17FN2O. The first-order valence-electron chi connectivity index (χ1n) is 6.45. The van der Waals surface area contributed by atoms with Crippen LogP contribution in [0.25, 0.3) is 0 Å². The van der Waals surface area contributed by atoms with Crippen LogP contribution in [0.5, 0.6) is 0 Å². The molecule has 4 heteroatoms. The van der Waals surface area contributed by atoms with E-state index in [1.54, 1.807) is 13.1 Å². The molecule has 2 N–H and O–H groups in total. The SMILES string of the molecule is CNc1c(F)cccc1C(=O)NC(C)c1ccccc1. The van der Waals surface area contributed by atoms with Gasteiger partial charge in [0.15, 0.2) is 0 Å². The predicted molar refractivity (Wildman–Crippen MR) is 78.3 cm³/mol. The number of para-hydroxylation sites is 1. The van der Waals surface area contributed by atoms with Crippen molar-refractivity contribution in [1.82, 2.24) is 5.32 Å². The van der Waals surface area contributed by atoms with Crippen molar-refractivity contribution in [2.75, 3.05) is 12.4 Å². The number of rotatable bonds is 4. The molecule has 3 nitrogen and oxygen atoms in total. The van der Waals surface area contributed by atoms with Crippen molar-refractivity contribution < 1.29 is 9.18 Å². The van der Waals surface area contributed by atoms with Gasteiger partial charge >= 0.3 is 0 Å². The molecule has 2 aromatic rings. The van der Waals surface area contributed by atoms with Crippen molar-refractivity contribution in [3.05, 3.63) is 65.5 Å². The Kier molecular flexibility index (Phi) is 4.35. The maximum absolute atomic E-state index is 13.6. The van der Waals surface area contributed by atoms with Crippen molar-refractivity contribution in [1.29, 1.82) is 0 Å². The average Bonchev–Trinajstić information content (AvgIpc) is 2.47. The Hall–Kier alpha value is -2.36. The number of carbonyl (C=O) groups is 1. The summed E-state index contributed by atoms with van der Waals surface area (Å²) >= 11 is 0. The van der Waals surface area contributed by atoms with E-state index in [1.807, 2.05) is 37.3 Å². The zero-order valence-corrected chi connectivity index (χ0v) is 11.5. The smallest absolute Gasteiger partial charge is 0.253 e. The molecule has 0 heterocycles. The van der Waals surface area contributed by atoms with Gasteiger partial charge in [0.05, 0.1) is 17.3 Å². The molecule has 20 heavy (non-hydrogen) atoms. The molecular weight excluding hydrogens is 255 g/mol. The van der Waals surface area contributed by atoms with Crippen LogP contribution in [0, 0.1) is 5.82 Å².